The van der Waals surface area contributed by atoms with Crippen LogP contribution >= 0.6 is 0 Å². The number of furan rings is 1. The number of hydrogen-bond acceptors (Lipinski definition) is 4. The van der Waals surface area contributed by atoms with Gasteiger partial charge < -0.3 is 9.73 Å². The highest BCUT2D eigenvalue weighted by molar-refractivity contribution is 5.91. The van der Waals surface area contributed by atoms with Gasteiger partial charge in [0.05, 0.1) is 23.7 Å². The fourth-order valence-electron chi connectivity index (χ4n) is 3.70. The largest absolute Gasteiger partial charge is 0.467 e. The van der Waals surface area contributed by atoms with E-state index in [1.54, 1.807) is 36.4 Å². The fraction of sp³-hybridized carbons (Fsp3) is 0.240. The van der Waals surface area contributed by atoms with E-state index in [4.69, 9.17) is 4.42 Å². The molecule has 164 valence electrons. The molecule has 7 heteroatoms. The molecule has 2 aromatic carbocycles. The number of aromatic nitrogens is 2. The Balaban J connectivity index is 1.62. The Bertz CT molecular complexity index is 1330. The quantitative estimate of drug-likeness (QED) is 0.460. The zero-order valence-electron chi connectivity index (χ0n) is 17.9. The Hall–Kier alpha value is -3.87. The van der Waals surface area contributed by atoms with Crippen LogP contribution in [0.15, 0.2) is 80.9 Å². The predicted molar refractivity (Wildman–Crippen MR) is 124 cm³/mol. The van der Waals surface area contributed by atoms with Crippen LogP contribution in [0.5, 0.6) is 0 Å². The molecule has 32 heavy (non-hydrogen) atoms. The van der Waals surface area contributed by atoms with Crippen molar-refractivity contribution in [1.82, 2.24) is 9.13 Å². The normalized spacial score (nSPS) is 11.0. The smallest absolute Gasteiger partial charge is 0.332 e. The van der Waals surface area contributed by atoms with Crippen LogP contribution in [0.25, 0.3) is 10.9 Å². The van der Waals surface area contributed by atoms with Gasteiger partial charge in [-0.25, -0.2) is 4.79 Å². The van der Waals surface area contributed by atoms with Gasteiger partial charge in [-0.2, -0.15) is 0 Å². The summed E-state index contributed by atoms with van der Waals surface area (Å²) in [6.07, 6.45) is 4.74. The van der Waals surface area contributed by atoms with Crippen molar-refractivity contribution >= 4 is 22.5 Å². The molecule has 7 nitrogen and oxygen atoms in total. The highest BCUT2D eigenvalue weighted by Gasteiger charge is 2.16. The number of benzene rings is 2. The number of carbonyl (C=O) groups is 1. The number of carbonyl (C=O) groups excluding carboxylic acids is 1. The minimum Gasteiger partial charge on any atom is -0.467 e. The molecule has 0 unspecified atom stereocenters. The van der Waals surface area contributed by atoms with Crippen LogP contribution in [0.4, 0.5) is 5.69 Å². The number of unbranched alkanes of at least 4 members (excludes halogenated alkanes) is 1. The van der Waals surface area contributed by atoms with Gasteiger partial charge in [0.1, 0.15) is 12.3 Å². The summed E-state index contributed by atoms with van der Waals surface area (Å²) in [6, 6.07) is 17.9. The van der Waals surface area contributed by atoms with Crippen LogP contribution in [0.2, 0.25) is 0 Å². The second kappa shape index (κ2) is 9.51. The van der Waals surface area contributed by atoms with E-state index >= 15 is 0 Å². The number of para-hydroxylation sites is 1. The summed E-state index contributed by atoms with van der Waals surface area (Å²) >= 11 is 0. The second-order valence-corrected chi connectivity index (χ2v) is 7.71. The van der Waals surface area contributed by atoms with Crippen LogP contribution in [-0.2, 0) is 24.3 Å². The predicted octanol–water partition coefficient (Wildman–Crippen LogP) is 3.79. The number of aryl methyl sites for hydroxylation is 1. The molecule has 0 aliphatic heterocycles. The summed E-state index contributed by atoms with van der Waals surface area (Å²) in [6.45, 7) is 1.93. The highest BCUT2D eigenvalue weighted by atomic mass is 16.3. The zero-order chi connectivity index (χ0) is 22.5. The molecule has 0 fully saturated rings. The third-order valence-electron chi connectivity index (χ3n) is 5.38. The number of hydrogen-bond donors (Lipinski definition) is 1. The van der Waals surface area contributed by atoms with Crippen molar-refractivity contribution < 1.29 is 9.21 Å². The van der Waals surface area contributed by atoms with E-state index in [-0.39, 0.29) is 19.0 Å². The van der Waals surface area contributed by atoms with Gasteiger partial charge >= 0.3 is 5.69 Å². The molecule has 0 aliphatic carbocycles. The minimum absolute atomic E-state index is 0.00363. The van der Waals surface area contributed by atoms with Crippen LogP contribution in [0, 0.1) is 0 Å². The molecule has 1 amide bonds. The van der Waals surface area contributed by atoms with Crippen molar-refractivity contribution in [3.05, 3.63) is 99.1 Å². The molecule has 4 aromatic rings. The molecule has 0 saturated heterocycles. The number of anilines is 1. The maximum atomic E-state index is 13.2. The average molecular weight is 431 g/mol. The van der Waals surface area contributed by atoms with Crippen LogP contribution in [-0.4, -0.2) is 15.0 Å². The molecule has 0 atom stereocenters. The van der Waals surface area contributed by atoms with Crippen molar-refractivity contribution in [2.75, 3.05) is 5.32 Å². The van der Waals surface area contributed by atoms with Crippen molar-refractivity contribution in [1.29, 1.82) is 0 Å². The topological polar surface area (TPSA) is 86.2 Å². The lowest BCUT2D eigenvalue weighted by Crippen LogP contribution is -2.42. The minimum atomic E-state index is -0.560. The van der Waals surface area contributed by atoms with Gasteiger partial charge in [0.25, 0.3) is 5.56 Å². The molecule has 0 saturated carbocycles. The van der Waals surface area contributed by atoms with E-state index in [1.807, 2.05) is 24.3 Å². The first kappa shape index (κ1) is 21.4. The van der Waals surface area contributed by atoms with Gasteiger partial charge in [0, 0.05) is 5.69 Å². The fourth-order valence-corrected chi connectivity index (χ4v) is 3.70. The SMILES string of the molecule is CCCCc1ccc(NC(=O)Cn2c(=O)n(Cc3ccco3)c(=O)c3ccccc32)cc1. The first-order valence-corrected chi connectivity index (χ1v) is 10.7. The summed E-state index contributed by atoms with van der Waals surface area (Å²) in [5, 5.41) is 3.21. The molecular formula is C25H25N3O4. The van der Waals surface area contributed by atoms with Crippen molar-refractivity contribution in [3.8, 4) is 0 Å². The monoisotopic (exact) mass is 431 g/mol. The van der Waals surface area contributed by atoms with Crippen LogP contribution in [0.1, 0.15) is 31.1 Å². The second-order valence-electron chi connectivity index (χ2n) is 7.71. The van der Waals surface area contributed by atoms with Crippen molar-refractivity contribution in [2.45, 2.75) is 39.3 Å². The van der Waals surface area contributed by atoms with E-state index in [2.05, 4.69) is 12.2 Å². The van der Waals surface area contributed by atoms with Crippen LogP contribution < -0.4 is 16.6 Å². The van der Waals surface area contributed by atoms with Gasteiger partial charge in [-0.15, -0.1) is 0 Å². The average Bonchev–Trinajstić information content (AvgIpc) is 3.32. The first-order valence-electron chi connectivity index (χ1n) is 10.7. The number of amides is 1. The third kappa shape index (κ3) is 4.56. The number of nitrogens with one attached hydrogen (secondary N) is 1. The summed E-state index contributed by atoms with van der Waals surface area (Å²) in [5.41, 5.74) is 1.33. The van der Waals surface area contributed by atoms with E-state index in [0.29, 0.717) is 22.4 Å². The van der Waals surface area contributed by atoms with E-state index < -0.39 is 11.2 Å². The van der Waals surface area contributed by atoms with Crippen molar-refractivity contribution in [2.24, 2.45) is 0 Å². The molecular weight excluding hydrogens is 406 g/mol. The number of rotatable bonds is 8. The summed E-state index contributed by atoms with van der Waals surface area (Å²) in [5.74, 6) is 0.139. The van der Waals surface area contributed by atoms with Gasteiger partial charge in [0.15, 0.2) is 0 Å². The Morgan fingerprint density at radius 2 is 1.75 bits per heavy atom. The summed E-state index contributed by atoms with van der Waals surface area (Å²) in [7, 11) is 0. The molecule has 2 heterocycles. The summed E-state index contributed by atoms with van der Waals surface area (Å²) < 4.78 is 7.72. The Kier molecular flexibility index (Phi) is 6.35. The third-order valence-corrected chi connectivity index (χ3v) is 5.38. The lowest BCUT2D eigenvalue weighted by Gasteiger charge is -2.14. The van der Waals surface area contributed by atoms with E-state index in [9.17, 15) is 14.4 Å². The number of fused-ring (bicyclic) bond motifs is 1. The molecule has 0 aliphatic rings. The zero-order valence-corrected chi connectivity index (χ0v) is 17.9. The first-order chi connectivity index (χ1) is 15.6. The van der Waals surface area contributed by atoms with Gasteiger partial charge in [-0.1, -0.05) is 37.6 Å². The standard InChI is InChI=1S/C25H25N3O4/c1-2-3-7-18-11-13-19(14-12-18)26-23(29)17-27-22-10-5-4-9-21(22)24(30)28(25(27)31)16-20-8-6-15-32-20/h4-6,8-15H,2-3,7,16-17H2,1H3,(H,26,29). The van der Waals surface area contributed by atoms with Crippen LogP contribution in [0.3, 0.4) is 0 Å². The van der Waals surface area contributed by atoms with Gasteiger partial charge in [0.2, 0.25) is 5.91 Å². The van der Waals surface area contributed by atoms with Crippen molar-refractivity contribution in [3.63, 3.8) is 0 Å². The maximum absolute atomic E-state index is 13.2. The molecule has 1 N–H and O–H groups in total. The molecule has 0 spiro atoms. The lowest BCUT2D eigenvalue weighted by atomic mass is 10.1. The van der Waals surface area contributed by atoms with E-state index in [1.165, 1.54) is 16.4 Å². The highest BCUT2D eigenvalue weighted by Crippen LogP contribution is 2.13. The maximum Gasteiger partial charge on any atom is 0.332 e. The number of nitrogens with zero attached hydrogens (tertiary/aromatic N) is 2. The molecule has 4 rings (SSSR count). The van der Waals surface area contributed by atoms with Gasteiger partial charge in [-0.05, 0) is 54.8 Å². The molecule has 2 aromatic heterocycles. The molecule has 0 radical (unpaired) electrons. The van der Waals surface area contributed by atoms with Gasteiger partial charge in [-0.3, -0.25) is 18.7 Å². The Morgan fingerprint density at radius 1 is 0.969 bits per heavy atom. The molecule has 0 bridgehead atoms. The Labute approximate surface area is 184 Å². The lowest BCUT2D eigenvalue weighted by molar-refractivity contribution is -0.116. The summed E-state index contributed by atoms with van der Waals surface area (Å²) in [4.78, 5) is 38.9. The Morgan fingerprint density at radius 3 is 2.47 bits per heavy atom. The van der Waals surface area contributed by atoms with E-state index in [0.717, 1.165) is 23.8 Å².